The van der Waals surface area contributed by atoms with Gasteiger partial charge in [0.25, 0.3) is 0 Å². The highest BCUT2D eigenvalue weighted by Crippen LogP contribution is 2.12. The Bertz CT molecular complexity index is 494. The van der Waals surface area contributed by atoms with Gasteiger partial charge < -0.3 is 15.4 Å². The van der Waals surface area contributed by atoms with Crippen LogP contribution in [0.25, 0.3) is 0 Å². The SMILES string of the molecule is CN=C(NCc1ncnn1C)NCC(C(C)C)N1CCOCC1. The molecule has 23 heavy (non-hydrogen) atoms. The van der Waals surface area contributed by atoms with Crippen molar-refractivity contribution in [1.29, 1.82) is 0 Å². The molecule has 2 N–H and O–H groups in total. The summed E-state index contributed by atoms with van der Waals surface area (Å²) in [5.74, 6) is 2.23. The van der Waals surface area contributed by atoms with Crippen LogP contribution < -0.4 is 10.6 Å². The fourth-order valence-corrected chi connectivity index (χ4v) is 2.76. The molecule has 0 spiro atoms. The predicted molar refractivity (Wildman–Crippen MR) is 90.2 cm³/mol. The van der Waals surface area contributed by atoms with Gasteiger partial charge in [0.15, 0.2) is 5.96 Å². The van der Waals surface area contributed by atoms with Gasteiger partial charge in [0.1, 0.15) is 12.2 Å². The Labute approximate surface area is 138 Å². The molecule has 1 aliphatic rings. The van der Waals surface area contributed by atoms with Crippen molar-refractivity contribution >= 4 is 5.96 Å². The molecule has 1 atom stereocenters. The van der Waals surface area contributed by atoms with E-state index >= 15 is 0 Å². The molecule has 1 saturated heterocycles. The van der Waals surface area contributed by atoms with Gasteiger partial charge in [-0.2, -0.15) is 5.10 Å². The van der Waals surface area contributed by atoms with Crippen molar-refractivity contribution < 1.29 is 4.74 Å². The highest BCUT2D eigenvalue weighted by Gasteiger charge is 2.23. The van der Waals surface area contributed by atoms with E-state index in [1.54, 1.807) is 18.1 Å². The van der Waals surface area contributed by atoms with Crippen molar-refractivity contribution in [3.63, 3.8) is 0 Å². The summed E-state index contributed by atoms with van der Waals surface area (Å²) in [6.07, 6.45) is 1.56. The van der Waals surface area contributed by atoms with Crippen molar-refractivity contribution in [1.82, 2.24) is 30.3 Å². The summed E-state index contributed by atoms with van der Waals surface area (Å²) in [4.78, 5) is 11.0. The lowest BCUT2D eigenvalue weighted by Crippen LogP contribution is -2.52. The molecule has 0 amide bonds. The molecular formula is C15H29N7O. The summed E-state index contributed by atoms with van der Waals surface area (Å²) < 4.78 is 7.21. The van der Waals surface area contributed by atoms with Gasteiger partial charge >= 0.3 is 0 Å². The van der Waals surface area contributed by atoms with Crippen molar-refractivity contribution in [2.24, 2.45) is 18.0 Å². The van der Waals surface area contributed by atoms with Gasteiger partial charge in [-0.3, -0.25) is 14.6 Å². The van der Waals surface area contributed by atoms with Crippen LogP contribution in [-0.4, -0.2) is 71.6 Å². The van der Waals surface area contributed by atoms with E-state index < -0.39 is 0 Å². The summed E-state index contributed by atoms with van der Waals surface area (Å²) in [5.41, 5.74) is 0. The largest absolute Gasteiger partial charge is 0.379 e. The third-order valence-electron chi connectivity index (χ3n) is 4.21. The minimum Gasteiger partial charge on any atom is -0.379 e. The summed E-state index contributed by atoms with van der Waals surface area (Å²) >= 11 is 0. The number of aliphatic imine (C=N–C) groups is 1. The lowest BCUT2D eigenvalue weighted by atomic mass is 10.0. The van der Waals surface area contributed by atoms with E-state index in [-0.39, 0.29) is 0 Å². The average molecular weight is 323 g/mol. The van der Waals surface area contributed by atoms with Crippen LogP contribution in [0.1, 0.15) is 19.7 Å². The molecule has 1 fully saturated rings. The van der Waals surface area contributed by atoms with Crippen LogP contribution in [0.15, 0.2) is 11.3 Å². The maximum atomic E-state index is 5.45. The van der Waals surface area contributed by atoms with Gasteiger partial charge in [-0.1, -0.05) is 13.8 Å². The first-order valence-electron chi connectivity index (χ1n) is 8.21. The second-order valence-corrected chi connectivity index (χ2v) is 6.07. The van der Waals surface area contributed by atoms with E-state index in [1.165, 1.54) is 0 Å². The molecule has 0 bridgehead atoms. The van der Waals surface area contributed by atoms with Gasteiger partial charge in [-0.25, -0.2) is 4.98 Å². The van der Waals surface area contributed by atoms with Gasteiger partial charge in [0, 0.05) is 39.8 Å². The first-order chi connectivity index (χ1) is 11.1. The molecule has 8 nitrogen and oxygen atoms in total. The van der Waals surface area contributed by atoms with Gasteiger partial charge in [-0.15, -0.1) is 0 Å². The number of aromatic nitrogens is 3. The molecule has 2 rings (SSSR count). The van der Waals surface area contributed by atoms with Gasteiger partial charge in [-0.05, 0) is 5.92 Å². The third-order valence-corrected chi connectivity index (χ3v) is 4.21. The molecule has 1 aromatic heterocycles. The van der Waals surface area contributed by atoms with Crippen LogP contribution in [-0.2, 0) is 18.3 Å². The number of hydrogen-bond donors (Lipinski definition) is 2. The van der Waals surface area contributed by atoms with Crippen LogP contribution >= 0.6 is 0 Å². The van der Waals surface area contributed by atoms with E-state index in [9.17, 15) is 0 Å². The number of rotatable bonds is 6. The van der Waals surface area contributed by atoms with E-state index in [2.05, 4.69) is 44.5 Å². The minimum absolute atomic E-state index is 0.465. The lowest BCUT2D eigenvalue weighted by Gasteiger charge is -2.37. The Morgan fingerprint density at radius 1 is 1.35 bits per heavy atom. The van der Waals surface area contributed by atoms with Gasteiger partial charge in [0.05, 0.1) is 19.8 Å². The summed E-state index contributed by atoms with van der Waals surface area (Å²) in [5, 5.41) is 10.8. The monoisotopic (exact) mass is 323 g/mol. The summed E-state index contributed by atoms with van der Waals surface area (Å²) in [6.45, 7) is 9.61. The number of hydrogen-bond acceptors (Lipinski definition) is 5. The van der Waals surface area contributed by atoms with Crippen LogP contribution in [0.2, 0.25) is 0 Å². The van der Waals surface area contributed by atoms with Crippen molar-refractivity contribution in [3.05, 3.63) is 12.2 Å². The van der Waals surface area contributed by atoms with Crippen molar-refractivity contribution in [2.75, 3.05) is 39.9 Å². The van der Waals surface area contributed by atoms with Crippen LogP contribution in [0, 0.1) is 5.92 Å². The fraction of sp³-hybridized carbons (Fsp3) is 0.800. The number of morpholine rings is 1. The smallest absolute Gasteiger partial charge is 0.191 e. The van der Waals surface area contributed by atoms with E-state index in [0.717, 1.165) is 44.6 Å². The highest BCUT2D eigenvalue weighted by molar-refractivity contribution is 5.79. The zero-order valence-electron chi connectivity index (χ0n) is 14.6. The lowest BCUT2D eigenvalue weighted by molar-refractivity contribution is 0.00752. The molecular weight excluding hydrogens is 294 g/mol. The summed E-state index contributed by atoms with van der Waals surface area (Å²) in [7, 11) is 3.67. The molecule has 0 aromatic carbocycles. The molecule has 0 aliphatic carbocycles. The number of ether oxygens (including phenoxy) is 1. The maximum Gasteiger partial charge on any atom is 0.191 e. The normalized spacial score (nSPS) is 18.2. The Morgan fingerprint density at radius 3 is 2.65 bits per heavy atom. The average Bonchev–Trinajstić information content (AvgIpc) is 2.96. The standard InChI is InChI=1S/C15H29N7O/c1-12(2)13(22-5-7-23-8-6-22)9-17-15(16-3)18-10-14-19-11-20-21(14)4/h11-13H,5-10H2,1-4H3,(H2,16,17,18). The van der Waals surface area contributed by atoms with Crippen molar-refractivity contribution in [2.45, 2.75) is 26.4 Å². The molecule has 0 saturated carbocycles. The topological polar surface area (TPSA) is 79.6 Å². The van der Waals surface area contributed by atoms with E-state index in [4.69, 9.17) is 4.74 Å². The predicted octanol–water partition coefficient (Wildman–Crippen LogP) is -0.163. The molecule has 8 heteroatoms. The Morgan fingerprint density at radius 2 is 2.09 bits per heavy atom. The van der Waals surface area contributed by atoms with Crippen LogP contribution in [0.5, 0.6) is 0 Å². The van der Waals surface area contributed by atoms with E-state index in [0.29, 0.717) is 18.5 Å². The second kappa shape index (κ2) is 8.83. The highest BCUT2D eigenvalue weighted by atomic mass is 16.5. The fourth-order valence-electron chi connectivity index (χ4n) is 2.76. The van der Waals surface area contributed by atoms with Gasteiger partial charge in [0.2, 0.25) is 0 Å². The minimum atomic E-state index is 0.465. The number of nitrogens with one attached hydrogen (secondary N) is 2. The Hall–Kier alpha value is -1.67. The molecule has 2 heterocycles. The van der Waals surface area contributed by atoms with Crippen molar-refractivity contribution in [3.8, 4) is 0 Å². The maximum absolute atomic E-state index is 5.45. The van der Waals surface area contributed by atoms with Crippen LogP contribution in [0.3, 0.4) is 0 Å². The molecule has 1 aromatic rings. The first-order valence-corrected chi connectivity index (χ1v) is 8.21. The Balaban J connectivity index is 1.83. The summed E-state index contributed by atoms with van der Waals surface area (Å²) in [6, 6.07) is 0.465. The quantitative estimate of drug-likeness (QED) is 0.559. The third kappa shape index (κ3) is 5.18. The molecule has 130 valence electrons. The molecule has 1 aliphatic heterocycles. The first kappa shape index (κ1) is 17.7. The number of nitrogens with zero attached hydrogens (tertiary/aromatic N) is 5. The zero-order valence-corrected chi connectivity index (χ0v) is 14.6. The number of guanidine groups is 1. The zero-order chi connectivity index (χ0) is 16.7. The second-order valence-electron chi connectivity index (χ2n) is 6.07. The Kier molecular flexibility index (Phi) is 6.79. The van der Waals surface area contributed by atoms with Crippen LogP contribution in [0.4, 0.5) is 0 Å². The number of aryl methyl sites for hydroxylation is 1. The molecule has 0 radical (unpaired) electrons. The van der Waals surface area contributed by atoms with E-state index in [1.807, 2.05) is 7.05 Å². The molecule has 1 unspecified atom stereocenters.